The Bertz CT molecular complexity index is 299. The third-order valence-corrected chi connectivity index (χ3v) is 4.16. The van der Waals surface area contributed by atoms with E-state index in [0.29, 0.717) is 6.54 Å². The molecule has 1 N–H and O–H groups in total. The standard InChI is InChI=1S/C14H25N3O/c1-3-9-17-10-6-13(14(17)18)16(2)11-12-4-7-15-8-5-12/h3,12-13,15H,1,4-11H2,2H3. The van der Waals surface area contributed by atoms with Crippen LogP contribution < -0.4 is 5.32 Å². The molecule has 0 aromatic rings. The molecule has 1 amide bonds. The molecule has 0 aromatic heterocycles. The molecule has 1 unspecified atom stereocenters. The summed E-state index contributed by atoms with van der Waals surface area (Å²) in [5, 5.41) is 3.39. The molecule has 2 aliphatic rings. The normalized spacial score (nSPS) is 26.0. The second kappa shape index (κ2) is 6.34. The Balaban J connectivity index is 1.83. The van der Waals surface area contributed by atoms with Crippen LogP contribution in [0.15, 0.2) is 12.7 Å². The lowest BCUT2D eigenvalue weighted by molar-refractivity contribution is -0.131. The predicted octanol–water partition coefficient (Wildman–Crippen LogP) is 0.705. The van der Waals surface area contributed by atoms with Crippen molar-refractivity contribution in [2.24, 2.45) is 5.92 Å². The van der Waals surface area contributed by atoms with E-state index < -0.39 is 0 Å². The van der Waals surface area contributed by atoms with Gasteiger partial charge in [0.15, 0.2) is 0 Å². The highest BCUT2D eigenvalue weighted by molar-refractivity contribution is 5.84. The Hall–Kier alpha value is -0.870. The molecule has 2 heterocycles. The maximum absolute atomic E-state index is 12.2. The predicted molar refractivity (Wildman–Crippen MR) is 73.4 cm³/mol. The van der Waals surface area contributed by atoms with Crippen LogP contribution in [0.3, 0.4) is 0 Å². The van der Waals surface area contributed by atoms with Crippen molar-refractivity contribution in [3.63, 3.8) is 0 Å². The number of rotatable bonds is 5. The van der Waals surface area contributed by atoms with E-state index in [1.165, 1.54) is 12.8 Å². The zero-order valence-electron chi connectivity index (χ0n) is 11.4. The number of piperidine rings is 1. The third-order valence-electron chi connectivity index (χ3n) is 4.16. The lowest BCUT2D eigenvalue weighted by Crippen LogP contribution is -2.43. The summed E-state index contributed by atoms with van der Waals surface area (Å²) in [6.45, 7) is 8.58. The third kappa shape index (κ3) is 3.12. The minimum Gasteiger partial charge on any atom is -0.338 e. The van der Waals surface area contributed by atoms with Gasteiger partial charge < -0.3 is 10.2 Å². The Morgan fingerprint density at radius 3 is 2.83 bits per heavy atom. The fraction of sp³-hybridized carbons (Fsp3) is 0.786. The minimum absolute atomic E-state index is 0.0971. The van der Waals surface area contributed by atoms with Gasteiger partial charge in [0.2, 0.25) is 5.91 Å². The van der Waals surface area contributed by atoms with E-state index in [9.17, 15) is 4.79 Å². The van der Waals surface area contributed by atoms with Crippen LogP contribution in [0, 0.1) is 5.92 Å². The summed E-state index contributed by atoms with van der Waals surface area (Å²) in [7, 11) is 2.10. The van der Waals surface area contributed by atoms with Crippen molar-refractivity contribution in [1.29, 1.82) is 0 Å². The van der Waals surface area contributed by atoms with Crippen molar-refractivity contribution >= 4 is 5.91 Å². The molecule has 2 fully saturated rings. The zero-order chi connectivity index (χ0) is 13.0. The lowest BCUT2D eigenvalue weighted by atomic mass is 9.97. The first-order chi connectivity index (χ1) is 8.72. The number of hydrogen-bond acceptors (Lipinski definition) is 3. The van der Waals surface area contributed by atoms with E-state index >= 15 is 0 Å². The molecule has 0 saturated carbocycles. The number of nitrogens with zero attached hydrogens (tertiary/aromatic N) is 2. The molecular weight excluding hydrogens is 226 g/mol. The van der Waals surface area contributed by atoms with Crippen LogP contribution in [0.25, 0.3) is 0 Å². The second-order valence-electron chi connectivity index (χ2n) is 5.51. The largest absolute Gasteiger partial charge is 0.338 e. The summed E-state index contributed by atoms with van der Waals surface area (Å²) in [5.41, 5.74) is 0. The highest BCUT2D eigenvalue weighted by Gasteiger charge is 2.34. The van der Waals surface area contributed by atoms with Gasteiger partial charge in [0.25, 0.3) is 0 Å². The van der Waals surface area contributed by atoms with Gasteiger partial charge in [-0.05, 0) is 45.3 Å². The van der Waals surface area contributed by atoms with E-state index in [2.05, 4.69) is 23.8 Å². The molecule has 102 valence electrons. The van der Waals surface area contributed by atoms with E-state index in [1.807, 2.05) is 11.0 Å². The van der Waals surface area contributed by atoms with Crippen molar-refractivity contribution in [2.75, 3.05) is 39.8 Å². The molecule has 1 atom stereocenters. The number of carbonyl (C=O) groups is 1. The van der Waals surface area contributed by atoms with Gasteiger partial charge in [-0.25, -0.2) is 0 Å². The Kier molecular flexibility index (Phi) is 4.78. The smallest absolute Gasteiger partial charge is 0.240 e. The zero-order valence-corrected chi connectivity index (χ0v) is 11.4. The topological polar surface area (TPSA) is 35.6 Å². The Morgan fingerprint density at radius 1 is 1.44 bits per heavy atom. The van der Waals surface area contributed by atoms with Gasteiger partial charge in [-0.15, -0.1) is 6.58 Å². The van der Waals surface area contributed by atoms with Crippen LogP contribution in [0.5, 0.6) is 0 Å². The highest BCUT2D eigenvalue weighted by atomic mass is 16.2. The summed E-state index contributed by atoms with van der Waals surface area (Å²) in [5.74, 6) is 1.03. The van der Waals surface area contributed by atoms with Crippen LogP contribution >= 0.6 is 0 Å². The molecule has 2 saturated heterocycles. The van der Waals surface area contributed by atoms with Crippen LogP contribution in [0.4, 0.5) is 0 Å². The molecule has 4 nitrogen and oxygen atoms in total. The SMILES string of the molecule is C=CCN1CCC(N(C)CC2CCNCC2)C1=O. The number of likely N-dealkylation sites (N-methyl/N-ethyl adjacent to an activating group) is 1. The van der Waals surface area contributed by atoms with Crippen LogP contribution in [0.1, 0.15) is 19.3 Å². The average molecular weight is 251 g/mol. The van der Waals surface area contributed by atoms with Crippen LogP contribution in [-0.2, 0) is 4.79 Å². The van der Waals surface area contributed by atoms with Crippen molar-refractivity contribution in [2.45, 2.75) is 25.3 Å². The van der Waals surface area contributed by atoms with E-state index in [0.717, 1.165) is 38.5 Å². The molecule has 18 heavy (non-hydrogen) atoms. The van der Waals surface area contributed by atoms with Gasteiger partial charge in [0, 0.05) is 19.6 Å². The van der Waals surface area contributed by atoms with Gasteiger partial charge in [-0.2, -0.15) is 0 Å². The molecule has 2 aliphatic heterocycles. The van der Waals surface area contributed by atoms with Crippen LogP contribution in [-0.4, -0.2) is 61.5 Å². The molecular formula is C14H25N3O. The Labute approximate surface area is 110 Å². The minimum atomic E-state index is 0.0971. The molecule has 0 aromatic carbocycles. The Morgan fingerprint density at radius 2 is 2.17 bits per heavy atom. The van der Waals surface area contributed by atoms with Gasteiger partial charge in [0.1, 0.15) is 0 Å². The van der Waals surface area contributed by atoms with Gasteiger partial charge in [0.05, 0.1) is 6.04 Å². The fourth-order valence-electron chi connectivity index (χ4n) is 3.07. The average Bonchev–Trinajstić information content (AvgIpc) is 2.73. The lowest BCUT2D eigenvalue weighted by Gasteiger charge is -2.30. The van der Waals surface area contributed by atoms with Crippen molar-refractivity contribution in [3.8, 4) is 0 Å². The molecule has 0 spiro atoms. The molecule has 0 bridgehead atoms. The molecule has 0 radical (unpaired) electrons. The van der Waals surface area contributed by atoms with Crippen molar-refractivity contribution < 1.29 is 4.79 Å². The number of nitrogens with one attached hydrogen (secondary N) is 1. The summed E-state index contributed by atoms with van der Waals surface area (Å²) < 4.78 is 0. The quantitative estimate of drug-likeness (QED) is 0.731. The number of amides is 1. The van der Waals surface area contributed by atoms with E-state index in [-0.39, 0.29) is 11.9 Å². The summed E-state index contributed by atoms with van der Waals surface area (Å²) in [6.07, 6.45) is 5.25. The van der Waals surface area contributed by atoms with E-state index in [1.54, 1.807) is 0 Å². The number of hydrogen-bond donors (Lipinski definition) is 1. The van der Waals surface area contributed by atoms with Gasteiger partial charge in [-0.1, -0.05) is 6.08 Å². The summed E-state index contributed by atoms with van der Waals surface area (Å²) in [4.78, 5) is 16.4. The first-order valence-electron chi connectivity index (χ1n) is 7.03. The van der Waals surface area contributed by atoms with Crippen molar-refractivity contribution in [1.82, 2.24) is 15.1 Å². The highest BCUT2D eigenvalue weighted by Crippen LogP contribution is 2.20. The van der Waals surface area contributed by atoms with E-state index in [4.69, 9.17) is 0 Å². The fourth-order valence-corrected chi connectivity index (χ4v) is 3.07. The van der Waals surface area contributed by atoms with Gasteiger partial charge in [-0.3, -0.25) is 9.69 Å². The monoisotopic (exact) mass is 251 g/mol. The van der Waals surface area contributed by atoms with Crippen LogP contribution in [0.2, 0.25) is 0 Å². The first-order valence-corrected chi connectivity index (χ1v) is 7.03. The number of carbonyl (C=O) groups excluding carboxylic acids is 1. The maximum Gasteiger partial charge on any atom is 0.240 e. The molecule has 2 rings (SSSR count). The molecule has 4 heteroatoms. The maximum atomic E-state index is 12.2. The second-order valence-corrected chi connectivity index (χ2v) is 5.51. The summed E-state index contributed by atoms with van der Waals surface area (Å²) in [6, 6.07) is 0.0971. The van der Waals surface area contributed by atoms with Crippen molar-refractivity contribution in [3.05, 3.63) is 12.7 Å². The number of likely N-dealkylation sites (tertiary alicyclic amines) is 1. The first kappa shape index (κ1) is 13.6. The molecule has 0 aliphatic carbocycles. The summed E-state index contributed by atoms with van der Waals surface area (Å²) >= 11 is 0. The van der Waals surface area contributed by atoms with Gasteiger partial charge >= 0.3 is 0 Å².